The summed E-state index contributed by atoms with van der Waals surface area (Å²) in [6.07, 6.45) is 1.76. The zero-order chi connectivity index (χ0) is 21.5. The van der Waals surface area contributed by atoms with Crippen molar-refractivity contribution in [3.8, 4) is 16.3 Å². The molecule has 7 nitrogen and oxygen atoms in total. The number of rotatable bonds is 8. The van der Waals surface area contributed by atoms with Crippen LogP contribution < -0.4 is 21.1 Å². The highest BCUT2D eigenvalue weighted by Crippen LogP contribution is 2.24. The van der Waals surface area contributed by atoms with Crippen LogP contribution in [0.5, 0.6) is 5.75 Å². The van der Waals surface area contributed by atoms with E-state index in [0.717, 1.165) is 16.1 Å². The van der Waals surface area contributed by atoms with E-state index in [2.05, 4.69) is 15.6 Å². The smallest absolute Gasteiger partial charge is 0.255 e. The van der Waals surface area contributed by atoms with Crippen LogP contribution in [-0.2, 0) is 11.3 Å². The number of nitrogens with one attached hydrogen (secondary N) is 2. The Labute approximate surface area is 191 Å². The van der Waals surface area contributed by atoms with Crippen molar-refractivity contribution in [2.75, 3.05) is 11.9 Å². The topological polar surface area (TPSA) is 106 Å². The molecule has 1 heterocycles. The predicted molar refractivity (Wildman–Crippen MR) is 126 cm³/mol. The molecule has 3 aromatic rings. The van der Waals surface area contributed by atoms with Gasteiger partial charge in [0.25, 0.3) is 5.91 Å². The fraction of sp³-hybridized carbons (Fsp3) is 0.227. The highest BCUT2D eigenvalue weighted by atomic mass is 35.5. The number of anilines is 1. The molecule has 0 saturated heterocycles. The Bertz CT molecular complexity index is 1030. The monoisotopic (exact) mass is 460 g/mol. The number of hydrogen-bond acceptors (Lipinski definition) is 6. The number of carbonyl (C=O) groups is 2. The summed E-state index contributed by atoms with van der Waals surface area (Å²) in [5.74, 6) is -0.176. The molecule has 3 rings (SSSR count). The van der Waals surface area contributed by atoms with Gasteiger partial charge >= 0.3 is 0 Å². The normalized spacial score (nSPS) is 11.2. The number of ether oxygens (including phenoxy) is 1. The summed E-state index contributed by atoms with van der Waals surface area (Å²) >= 11 is 1.56. The molecule has 2 aromatic carbocycles. The van der Waals surface area contributed by atoms with Crippen LogP contribution in [0.15, 0.2) is 54.0 Å². The predicted octanol–water partition coefficient (Wildman–Crippen LogP) is 3.85. The van der Waals surface area contributed by atoms with Crippen LogP contribution in [-0.4, -0.2) is 29.4 Å². The van der Waals surface area contributed by atoms with Gasteiger partial charge in [0.15, 0.2) is 0 Å². The van der Waals surface area contributed by atoms with Crippen molar-refractivity contribution in [1.29, 1.82) is 0 Å². The number of nitrogens with zero attached hydrogens (tertiary/aromatic N) is 1. The van der Waals surface area contributed by atoms with Gasteiger partial charge in [-0.3, -0.25) is 9.59 Å². The third-order valence-electron chi connectivity index (χ3n) is 4.26. The summed E-state index contributed by atoms with van der Waals surface area (Å²) in [5.41, 5.74) is 8.39. The number of amides is 2. The van der Waals surface area contributed by atoms with Crippen LogP contribution in [0.25, 0.3) is 10.6 Å². The van der Waals surface area contributed by atoms with E-state index in [1.807, 2.05) is 36.6 Å². The Morgan fingerprint density at radius 2 is 2.03 bits per heavy atom. The molecule has 0 aliphatic heterocycles. The Morgan fingerprint density at radius 3 is 2.71 bits per heavy atom. The van der Waals surface area contributed by atoms with Gasteiger partial charge in [-0.2, -0.15) is 0 Å². The molecule has 1 atom stereocenters. The molecule has 164 valence electrons. The number of aromatic nitrogens is 1. The first-order chi connectivity index (χ1) is 14.5. The fourth-order valence-corrected chi connectivity index (χ4v) is 3.42. The van der Waals surface area contributed by atoms with Crippen LogP contribution >= 0.6 is 23.7 Å². The third-order valence-corrected chi connectivity index (χ3v) is 5.09. The second-order valence-electron chi connectivity index (χ2n) is 6.64. The maximum atomic E-state index is 12.9. The van der Waals surface area contributed by atoms with Gasteiger partial charge in [-0.05, 0) is 43.7 Å². The second kappa shape index (κ2) is 11.5. The molecule has 1 aromatic heterocycles. The van der Waals surface area contributed by atoms with Crippen molar-refractivity contribution in [2.45, 2.75) is 26.4 Å². The summed E-state index contributed by atoms with van der Waals surface area (Å²) in [5, 5.41) is 8.47. The van der Waals surface area contributed by atoms with Crippen LogP contribution in [0.2, 0.25) is 0 Å². The Morgan fingerprint density at radius 1 is 1.23 bits per heavy atom. The molecule has 0 bridgehead atoms. The largest absolute Gasteiger partial charge is 0.493 e. The van der Waals surface area contributed by atoms with Crippen molar-refractivity contribution < 1.29 is 14.3 Å². The average molecular weight is 461 g/mol. The first-order valence-electron chi connectivity index (χ1n) is 9.58. The molecule has 1 unspecified atom stereocenters. The lowest BCUT2D eigenvalue weighted by molar-refractivity contribution is -0.117. The number of benzene rings is 2. The number of halogens is 1. The van der Waals surface area contributed by atoms with Gasteiger partial charge in [-0.15, -0.1) is 23.7 Å². The highest BCUT2D eigenvalue weighted by molar-refractivity contribution is 7.13. The fourth-order valence-electron chi connectivity index (χ4n) is 2.78. The number of thiazole rings is 1. The van der Waals surface area contributed by atoms with Crippen molar-refractivity contribution in [3.63, 3.8) is 0 Å². The van der Waals surface area contributed by atoms with Crippen molar-refractivity contribution in [3.05, 3.63) is 65.2 Å². The van der Waals surface area contributed by atoms with Crippen molar-refractivity contribution in [1.82, 2.24) is 10.3 Å². The molecule has 0 aliphatic carbocycles. The van der Waals surface area contributed by atoms with E-state index in [1.54, 1.807) is 42.7 Å². The SMILES string of the molecule is CCOc1ccc(NC(=O)C(C)N)cc1C(=O)NCc1cccc(-c2nccs2)c1.Cl. The molecule has 4 N–H and O–H groups in total. The van der Waals surface area contributed by atoms with E-state index < -0.39 is 6.04 Å². The highest BCUT2D eigenvalue weighted by Gasteiger charge is 2.16. The van der Waals surface area contributed by atoms with E-state index in [-0.39, 0.29) is 24.2 Å². The lowest BCUT2D eigenvalue weighted by Gasteiger charge is -2.14. The number of hydrogen-bond donors (Lipinski definition) is 3. The average Bonchev–Trinajstić information content (AvgIpc) is 3.28. The molecular weight excluding hydrogens is 436 g/mol. The van der Waals surface area contributed by atoms with Gasteiger partial charge in [-0.25, -0.2) is 4.98 Å². The molecule has 0 fully saturated rings. The minimum absolute atomic E-state index is 0. The summed E-state index contributed by atoms with van der Waals surface area (Å²) < 4.78 is 5.58. The molecule has 2 amide bonds. The quantitative estimate of drug-likeness (QED) is 0.473. The summed E-state index contributed by atoms with van der Waals surface area (Å²) in [4.78, 5) is 29.1. The molecule has 31 heavy (non-hydrogen) atoms. The lowest BCUT2D eigenvalue weighted by Crippen LogP contribution is -2.32. The Hall–Kier alpha value is -2.94. The molecule has 0 spiro atoms. The van der Waals surface area contributed by atoms with Crippen LogP contribution in [0.4, 0.5) is 5.69 Å². The molecule has 0 radical (unpaired) electrons. The van der Waals surface area contributed by atoms with Gasteiger partial charge in [0.2, 0.25) is 5.91 Å². The molecule has 9 heteroatoms. The standard InChI is InChI=1S/C22H24N4O3S.ClH/c1-3-29-19-8-7-17(26-20(27)14(2)23)12-18(19)21(28)25-13-15-5-4-6-16(11-15)22-24-9-10-30-22;/h4-12,14H,3,13,23H2,1-2H3,(H,25,28)(H,26,27);1H. The Balaban J connectivity index is 0.00000341. The first kappa shape index (κ1) is 24.3. The van der Waals surface area contributed by atoms with Crippen molar-refractivity contribution >= 4 is 41.2 Å². The van der Waals surface area contributed by atoms with Gasteiger partial charge in [0, 0.05) is 29.4 Å². The number of carbonyl (C=O) groups excluding carboxylic acids is 2. The van der Waals surface area contributed by atoms with E-state index >= 15 is 0 Å². The van der Waals surface area contributed by atoms with E-state index in [0.29, 0.717) is 30.2 Å². The molecule has 0 aliphatic rings. The van der Waals surface area contributed by atoms with Crippen LogP contribution in [0.3, 0.4) is 0 Å². The maximum absolute atomic E-state index is 12.9. The van der Waals surface area contributed by atoms with Gasteiger partial charge in [-0.1, -0.05) is 18.2 Å². The van der Waals surface area contributed by atoms with Gasteiger partial charge < -0.3 is 21.1 Å². The zero-order valence-electron chi connectivity index (χ0n) is 17.3. The van der Waals surface area contributed by atoms with E-state index in [1.165, 1.54) is 0 Å². The van der Waals surface area contributed by atoms with Gasteiger partial charge in [0.05, 0.1) is 18.2 Å². The number of nitrogens with two attached hydrogens (primary N) is 1. The minimum atomic E-state index is -0.654. The summed E-state index contributed by atoms with van der Waals surface area (Å²) in [7, 11) is 0. The molecule has 0 saturated carbocycles. The Kier molecular flexibility index (Phi) is 8.99. The van der Waals surface area contributed by atoms with Crippen LogP contribution in [0, 0.1) is 0 Å². The second-order valence-corrected chi connectivity index (χ2v) is 7.54. The maximum Gasteiger partial charge on any atom is 0.255 e. The molecular formula is C22H25ClN4O3S. The van der Waals surface area contributed by atoms with E-state index in [4.69, 9.17) is 10.5 Å². The van der Waals surface area contributed by atoms with Crippen molar-refractivity contribution in [2.24, 2.45) is 5.73 Å². The minimum Gasteiger partial charge on any atom is -0.493 e. The van der Waals surface area contributed by atoms with Gasteiger partial charge in [0.1, 0.15) is 10.8 Å². The van der Waals surface area contributed by atoms with Crippen LogP contribution in [0.1, 0.15) is 29.8 Å². The summed E-state index contributed by atoms with van der Waals surface area (Å²) in [6, 6.07) is 12.2. The summed E-state index contributed by atoms with van der Waals surface area (Å²) in [6.45, 7) is 4.21. The zero-order valence-corrected chi connectivity index (χ0v) is 18.9. The lowest BCUT2D eigenvalue weighted by atomic mass is 10.1. The first-order valence-corrected chi connectivity index (χ1v) is 10.5. The van der Waals surface area contributed by atoms with E-state index in [9.17, 15) is 9.59 Å². The third kappa shape index (κ3) is 6.52.